The molecule has 0 aliphatic carbocycles. The smallest absolute Gasteiger partial charge is 0.220 e. The maximum Gasteiger partial charge on any atom is 0.220 e. The topological polar surface area (TPSA) is 149 Å². The number of rotatable bonds is 38. The van der Waals surface area contributed by atoms with Gasteiger partial charge < -0.3 is 40.3 Å². The Balaban J connectivity index is 2.20. The van der Waals surface area contributed by atoms with Gasteiger partial charge in [0.05, 0.1) is 25.4 Å². The quantitative estimate of drug-likeness (QED) is 0.0266. The van der Waals surface area contributed by atoms with Crippen molar-refractivity contribution in [3.8, 4) is 0 Å². The summed E-state index contributed by atoms with van der Waals surface area (Å²) in [5.74, 6) is -0.194. The molecule has 0 bridgehead atoms. The van der Waals surface area contributed by atoms with E-state index >= 15 is 0 Å². The first kappa shape index (κ1) is 54.6. The molecule has 1 rings (SSSR count). The second-order valence-electron chi connectivity index (χ2n) is 16.2. The Bertz CT molecular complexity index is 1150. The monoisotopic (exact) mass is 830 g/mol. The van der Waals surface area contributed by atoms with E-state index in [0.717, 1.165) is 64.2 Å². The molecule has 1 amide bonds. The molecular formula is C50H87NO8. The molecule has 7 atom stereocenters. The average Bonchev–Trinajstić information content (AvgIpc) is 3.23. The van der Waals surface area contributed by atoms with E-state index in [1.165, 1.54) is 96.3 Å². The van der Waals surface area contributed by atoms with Crippen molar-refractivity contribution in [1.82, 2.24) is 5.32 Å². The van der Waals surface area contributed by atoms with E-state index in [4.69, 9.17) is 9.47 Å². The van der Waals surface area contributed by atoms with Gasteiger partial charge in [-0.2, -0.15) is 0 Å². The second-order valence-corrected chi connectivity index (χ2v) is 16.2. The summed E-state index contributed by atoms with van der Waals surface area (Å²) >= 11 is 0. The molecule has 1 aliphatic rings. The molecular weight excluding hydrogens is 743 g/mol. The van der Waals surface area contributed by atoms with E-state index in [0.29, 0.717) is 6.42 Å². The molecule has 1 fully saturated rings. The van der Waals surface area contributed by atoms with Crippen molar-refractivity contribution >= 4 is 5.91 Å². The zero-order valence-electron chi connectivity index (χ0n) is 37.2. The van der Waals surface area contributed by atoms with E-state index in [1.807, 2.05) is 6.08 Å². The van der Waals surface area contributed by atoms with Crippen LogP contribution in [0.2, 0.25) is 0 Å². The molecule has 0 radical (unpaired) electrons. The molecule has 0 aromatic heterocycles. The molecule has 59 heavy (non-hydrogen) atoms. The van der Waals surface area contributed by atoms with E-state index in [1.54, 1.807) is 6.08 Å². The lowest BCUT2D eigenvalue weighted by Gasteiger charge is -2.40. The highest BCUT2D eigenvalue weighted by atomic mass is 16.7. The number of aliphatic hydroxyl groups excluding tert-OH is 5. The van der Waals surface area contributed by atoms with Gasteiger partial charge in [-0.3, -0.25) is 4.79 Å². The van der Waals surface area contributed by atoms with Crippen LogP contribution >= 0.6 is 0 Å². The Morgan fingerprint density at radius 3 is 1.63 bits per heavy atom. The predicted octanol–water partition coefficient (Wildman–Crippen LogP) is 10.2. The second kappa shape index (κ2) is 39.7. The third-order valence-corrected chi connectivity index (χ3v) is 10.8. The van der Waals surface area contributed by atoms with Crippen LogP contribution in [0.25, 0.3) is 0 Å². The largest absolute Gasteiger partial charge is 0.394 e. The molecule has 1 saturated heterocycles. The van der Waals surface area contributed by atoms with Crippen molar-refractivity contribution in [2.24, 2.45) is 0 Å². The summed E-state index contributed by atoms with van der Waals surface area (Å²) in [5, 5.41) is 54.0. The van der Waals surface area contributed by atoms with Gasteiger partial charge in [-0.15, -0.1) is 0 Å². The number of nitrogens with one attached hydrogen (secondary N) is 1. The minimum Gasteiger partial charge on any atom is -0.394 e. The van der Waals surface area contributed by atoms with Crippen molar-refractivity contribution < 1.29 is 39.8 Å². The van der Waals surface area contributed by atoms with Gasteiger partial charge in [0, 0.05) is 6.42 Å². The molecule has 7 unspecified atom stereocenters. The first-order chi connectivity index (χ1) is 28.8. The summed E-state index contributed by atoms with van der Waals surface area (Å²) in [7, 11) is 0. The minimum absolute atomic E-state index is 0.194. The predicted molar refractivity (Wildman–Crippen MR) is 244 cm³/mol. The number of carbonyl (C=O) groups excluding carboxylic acids is 1. The fourth-order valence-corrected chi connectivity index (χ4v) is 6.98. The van der Waals surface area contributed by atoms with Gasteiger partial charge in [-0.05, 0) is 70.6 Å². The van der Waals surface area contributed by atoms with E-state index in [2.05, 4.69) is 79.9 Å². The van der Waals surface area contributed by atoms with Gasteiger partial charge in [0.2, 0.25) is 5.91 Å². The van der Waals surface area contributed by atoms with Gasteiger partial charge in [0.1, 0.15) is 24.4 Å². The van der Waals surface area contributed by atoms with Crippen molar-refractivity contribution in [1.29, 1.82) is 0 Å². The maximum atomic E-state index is 12.9. The minimum atomic E-state index is -1.57. The third kappa shape index (κ3) is 30.3. The van der Waals surface area contributed by atoms with E-state index in [-0.39, 0.29) is 12.5 Å². The fraction of sp³-hybridized carbons (Fsp3) is 0.740. The number of allylic oxidation sites excluding steroid dienone is 11. The third-order valence-electron chi connectivity index (χ3n) is 10.8. The Morgan fingerprint density at radius 2 is 1.07 bits per heavy atom. The molecule has 1 aliphatic heterocycles. The van der Waals surface area contributed by atoms with Crippen molar-refractivity contribution in [2.75, 3.05) is 13.2 Å². The Kier molecular flexibility index (Phi) is 36.8. The number of unbranched alkanes of at least 4 members (excludes halogenated alkanes) is 18. The summed E-state index contributed by atoms with van der Waals surface area (Å²) < 4.78 is 11.2. The van der Waals surface area contributed by atoms with Gasteiger partial charge >= 0.3 is 0 Å². The van der Waals surface area contributed by atoms with Crippen LogP contribution in [0.3, 0.4) is 0 Å². The molecule has 9 heteroatoms. The maximum absolute atomic E-state index is 12.9. The molecule has 0 aromatic rings. The van der Waals surface area contributed by atoms with Crippen LogP contribution in [0.5, 0.6) is 0 Å². The van der Waals surface area contributed by atoms with Crippen LogP contribution < -0.4 is 5.32 Å². The summed E-state index contributed by atoms with van der Waals surface area (Å²) in [4.78, 5) is 12.9. The van der Waals surface area contributed by atoms with E-state index < -0.39 is 49.5 Å². The van der Waals surface area contributed by atoms with Gasteiger partial charge in [-0.25, -0.2) is 0 Å². The van der Waals surface area contributed by atoms with Crippen LogP contribution in [0.4, 0.5) is 0 Å². The fourth-order valence-electron chi connectivity index (χ4n) is 6.98. The summed E-state index contributed by atoms with van der Waals surface area (Å²) in [6, 6.07) is -0.822. The van der Waals surface area contributed by atoms with Gasteiger partial charge in [0.25, 0.3) is 0 Å². The van der Waals surface area contributed by atoms with Crippen LogP contribution in [-0.2, 0) is 14.3 Å². The van der Waals surface area contributed by atoms with E-state index in [9.17, 15) is 30.3 Å². The molecule has 1 heterocycles. The van der Waals surface area contributed by atoms with Crippen molar-refractivity contribution in [3.63, 3.8) is 0 Å². The number of aliphatic hydroxyl groups is 5. The Hall–Kier alpha value is -2.37. The standard InChI is InChI=1S/C50H87NO8/c1-3-5-7-9-11-13-14-15-16-17-18-19-20-21-22-23-24-25-26-27-28-29-30-32-34-36-38-40-46(54)51-43(44(53)39-37-35-33-31-12-10-8-6-4-2)42-58-50-49(57)48(56)47(55)45(41-52)59-50/h5,7,11-13,15-16,18-19,31,37,39,43-45,47-50,52-53,55-57H,3-4,6,8-10,14,17,20-30,32-36,38,40-42H2,1-2H3,(H,51,54)/b7-5-,13-11-,16-15-,19-18-,31-12+,39-37+. The Labute approximate surface area is 359 Å². The van der Waals surface area contributed by atoms with Crippen molar-refractivity contribution in [3.05, 3.63) is 72.9 Å². The lowest BCUT2D eigenvalue weighted by atomic mass is 9.99. The summed E-state index contributed by atoms with van der Waals surface area (Å²) in [6.45, 7) is 3.57. The number of carbonyl (C=O) groups is 1. The van der Waals surface area contributed by atoms with Crippen LogP contribution in [0.15, 0.2) is 72.9 Å². The Morgan fingerprint density at radius 1 is 0.593 bits per heavy atom. The molecule has 0 spiro atoms. The first-order valence-electron chi connectivity index (χ1n) is 23.7. The number of hydrogen-bond acceptors (Lipinski definition) is 8. The number of amides is 1. The molecule has 0 saturated carbocycles. The van der Waals surface area contributed by atoms with Crippen LogP contribution in [-0.4, -0.2) is 87.5 Å². The normalized spacial score (nSPS) is 21.4. The first-order valence-corrected chi connectivity index (χ1v) is 23.7. The van der Waals surface area contributed by atoms with Crippen LogP contribution in [0, 0.1) is 0 Å². The lowest BCUT2D eigenvalue weighted by Crippen LogP contribution is -2.60. The number of hydrogen-bond donors (Lipinski definition) is 6. The molecule has 9 nitrogen and oxygen atoms in total. The van der Waals surface area contributed by atoms with Gasteiger partial charge in [0.15, 0.2) is 6.29 Å². The van der Waals surface area contributed by atoms with Crippen LogP contribution in [0.1, 0.15) is 181 Å². The molecule has 6 N–H and O–H groups in total. The zero-order valence-corrected chi connectivity index (χ0v) is 37.2. The number of ether oxygens (including phenoxy) is 2. The zero-order chi connectivity index (χ0) is 43.0. The average molecular weight is 830 g/mol. The SMILES string of the molecule is CC/C=C\C/C=C\C/C=C\C/C=C\CCCCCCCCCCCCCCCCC(=O)NC(COC1OC(CO)C(O)C(O)C1O)C(O)/C=C/CC/C=C/CCCCC. The van der Waals surface area contributed by atoms with Crippen molar-refractivity contribution in [2.45, 2.75) is 224 Å². The highest BCUT2D eigenvalue weighted by Gasteiger charge is 2.44. The highest BCUT2D eigenvalue weighted by Crippen LogP contribution is 2.22. The van der Waals surface area contributed by atoms with Gasteiger partial charge in [-0.1, -0.05) is 177 Å². The lowest BCUT2D eigenvalue weighted by molar-refractivity contribution is -0.302. The summed E-state index contributed by atoms with van der Waals surface area (Å²) in [5.41, 5.74) is 0. The highest BCUT2D eigenvalue weighted by molar-refractivity contribution is 5.76. The molecule has 0 aromatic carbocycles. The summed E-state index contributed by atoms with van der Waals surface area (Å²) in [6.07, 6.45) is 46.9. The molecule has 340 valence electrons.